The van der Waals surface area contributed by atoms with Gasteiger partial charge >= 0.3 is 0 Å². The van der Waals surface area contributed by atoms with E-state index in [2.05, 4.69) is 0 Å². The molecule has 5 heteroatoms. The van der Waals surface area contributed by atoms with Crippen LogP contribution in [0.3, 0.4) is 0 Å². The van der Waals surface area contributed by atoms with Crippen LogP contribution in [-0.2, 0) is 9.84 Å². The molecule has 1 saturated heterocycles. The molecule has 0 radical (unpaired) electrons. The monoisotopic (exact) mass is 281 g/mol. The summed E-state index contributed by atoms with van der Waals surface area (Å²) in [6.45, 7) is 3.80. The number of benzene rings is 1. The van der Waals surface area contributed by atoms with Crippen LogP contribution in [-0.4, -0.2) is 43.3 Å². The number of hydrogen-bond donors (Lipinski definition) is 0. The molecule has 4 nitrogen and oxygen atoms in total. The summed E-state index contributed by atoms with van der Waals surface area (Å²) < 4.78 is 23.2. The topological polar surface area (TPSA) is 54.5 Å². The molecule has 1 aromatic carbocycles. The molecule has 2 rings (SSSR count). The first-order chi connectivity index (χ1) is 8.73. The SMILES string of the molecule is Cc1ccc(C(=O)N(C)[C@]2(C)CCS(=O)(=O)C2)cc1. The van der Waals surface area contributed by atoms with Crippen LogP contribution in [0, 0.1) is 6.92 Å². The Morgan fingerprint density at radius 2 is 1.84 bits per heavy atom. The van der Waals surface area contributed by atoms with Crippen molar-refractivity contribution in [2.45, 2.75) is 25.8 Å². The number of nitrogens with zero attached hydrogens (tertiary/aromatic N) is 1. The van der Waals surface area contributed by atoms with E-state index < -0.39 is 15.4 Å². The van der Waals surface area contributed by atoms with Crippen molar-refractivity contribution in [1.29, 1.82) is 0 Å². The number of amides is 1. The zero-order valence-corrected chi connectivity index (χ0v) is 12.3. The molecule has 0 N–H and O–H groups in total. The van der Waals surface area contributed by atoms with Crippen LogP contribution in [0.4, 0.5) is 0 Å². The van der Waals surface area contributed by atoms with E-state index in [4.69, 9.17) is 0 Å². The quantitative estimate of drug-likeness (QED) is 0.828. The maximum absolute atomic E-state index is 12.4. The van der Waals surface area contributed by atoms with Crippen LogP contribution in [0.1, 0.15) is 29.3 Å². The largest absolute Gasteiger partial charge is 0.335 e. The lowest BCUT2D eigenvalue weighted by atomic mass is 9.98. The van der Waals surface area contributed by atoms with Crippen molar-refractivity contribution in [3.8, 4) is 0 Å². The minimum Gasteiger partial charge on any atom is -0.335 e. The summed E-state index contributed by atoms with van der Waals surface area (Å²) >= 11 is 0. The third-order valence-electron chi connectivity index (χ3n) is 3.90. The molecule has 0 bridgehead atoms. The van der Waals surface area contributed by atoms with Crippen molar-refractivity contribution in [2.24, 2.45) is 0 Å². The Labute approximate surface area is 114 Å². The van der Waals surface area contributed by atoms with Gasteiger partial charge in [-0.3, -0.25) is 4.79 Å². The van der Waals surface area contributed by atoms with E-state index in [-0.39, 0.29) is 17.4 Å². The summed E-state index contributed by atoms with van der Waals surface area (Å²) in [5.41, 5.74) is 1.09. The van der Waals surface area contributed by atoms with Crippen molar-refractivity contribution in [3.05, 3.63) is 35.4 Å². The predicted molar refractivity (Wildman–Crippen MR) is 74.9 cm³/mol. The van der Waals surface area contributed by atoms with E-state index in [0.29, 0.717) is 12.0 Å². The van der Waals surface area contributed by atoms with E-state index in [1.165, 1.54) is 0 Å². The maximum atomic E-state index is 12.4. The normalized spacial score (nSPS) is 25.2. The molecular formula is C14H19NO3S. The molecule has 0 unspecified atom stereocenters. The highest BCUT2D eigenvalue weighted by atomic mass is 32.2. The van der Waals surface area contributed by atoms with Gasteiger partial charge in [-0.2, -0.15) is 0 Å². The Morgan fingerprint density at radius 3 is 2.32 bits per heavy atom. The van der Waals surface area contributed by atoms with E-state index >= 15 is 0 Å². The van der Waals surface area contributed by atoms with Gasteiger partial charge in [0.25, 0.3) is 5.91 Å². The number of sulfone groups is 1. The second-order valence-electron chi connectivity index (χ2n) is 5.57. The molecule has 0 saturated carbocycles. The van der Waals surface area contributed by atoms with Gasteiger partial charge in [-0.1, -0.05) is 17.7 Å². The molecule has 1 aliphatic rings. The summed E-state index contributed by atoms with van der Waals surface area (Å²) in [4.78, 5) is 14.0. The lowest BCUT2D eigenvalue weighted by Gasteiger charge is -2.34. The van der Waals surface area contributed by atoms with Crippen molar-refractivity contribution < 1.29 is 13.2 Å². The third-order valence-corrected chi connectivity index (χ3v) is 5.78. The maximum Gasteiger partial charge on any atom is 0.254 e. The van der Waals surface area contributed by atoms with Gasteiger partial charge in [0.05, 0.1) is 17.0 Å². The van der Waals surface area contributed by atoms with Gasteiger partial charge in [-0.25, -0.2) is 8.42 Å². The second-order valence-corrected chi connectivity index (χ2v) is 7.75. The Kier molecular flexibility index (Phi) is 3.43. The highest BCUT2D eigenvalue weighted by Gasteiger charge is 2.43. The first-order valence-electron chi connectivity index (χ1n) is 6.29. The van der Waals surface area contributed by atoms with Crippen LogP contribution >= 0.6 is 0 Å². The van der Waals surface area contributed by atoms with Crippen molar-refractivity contribution in [2.75, 3.05) is 18.6 Å². The molecule has 0 aromatic heterocycles. The molecule has 1 heterocycles. The fourth-order valence-corrected chi connectivity index (χ4v) is 4.57. The third kappa shape index (κ3) is 2.81. The first kappa shape index (κ1) is 14.1. The fourth-order valence-electron chi connectivity index (χ4n) is 2.39. The van der Waals surface area contributed by atoms with Crippen LogP contribution < -0.4 is 0 Å². The van der Waals surface area contributed by atoms with Crippen LogP contribution in [0.15, 0.2) is 24.3 Å². The zero-order valence-electron chi connectivity index (χ0n) is 11.5. The summed E-state index contributed by atoms with van der Waals surface area (Å²) in [5, 5.41) is 0. The number of rotatable bonds is 2. The van der Waals surface area contributed by atoms with E-state index in [9.17, 15) is 13.2 Å². The zero-order chi connectivity index (χ0) is 14.3. The summed E-state index contributed by atoms with van der Waals surface area (Å²) in [6.07, 6.45) is 0.503. The highest BCUT2D eigenvalue weighted by molar-refractivity contribution is 7.91. The van der Waals surface area contributed by atoms with Gasteiger partial charge in [0.2, 0.25) is 0 Å². The Hall–Kier alpha value is -1.36. The molecule has 19 heavy (non-hydrogen) atoms. The Bertz CT molecular complexity index is 592. The molecule has 104 valence electrons. The second kappa shape index (κ2) is 4.63. The lowest BCUT2D eigenvalue weighted by Crippen LogP contribution is -2.48. The minimum atomic E-state index is -3.02. The number of hydrogen-bond acceptors (Lipinski definition) is 3. The van der Waals surface area contributed by atoms with Gasteiger partial charge in [0, 0.05) is 12.6 Å². The smallest absolute Gasteiger partial charge is 0.254 e. The van der Waals surface area contributed by atoms with Crippen molar-refractivity contribution >= 4 is 15.7 Å². The fraction of sp³-hybridized carbons (Fsp3) is 0.500. The molecule has 1 fully saturated rings. The lowest BCUT2D eigenvalue weighted by molar-refractivity contribution is 0.0638. The van der Waals surface area contributed by atoms with Gasteiger partial charge in [0.15, 0.2) is 9.84 Å². The molecular weight excluding hydrogens is 262 g/mol. The van der Waals surface area contributed by atoms with Crippen molar-refractivity contribution in [1.82, 2.24) is 4.90 Å². The summed E-state index contributed by atoms with van der Waals surface area (Å²) in [5.74, 6) is 0.0861. The average molecular weight is 281 g/mol. The number of aryl methyl sites for hydroxylation is 1. The van der Waals surface area contributed by atoms with Crippen LogP contribution in [0.25, 0.3) is 0 Å². The van der Waals surface area contributed by atoms with E-state index in [1.807, 2.05) is 26.0 Å². The standard InChI is InChI=1S/C14H19NO3S/c1-11-4-6-12(7-5-11)13(16)15(3)14(2)8-9-19(17,18)10-14/h4-7H,8-10H2,1-3H3/t14-/m1/s1. The van der Waals surface area contributed by atoms with Crippen molar-refractivity contribution in [3.63, 3.8) is 0 Å². The molecule has 1 aliphatic heterocycles. The molecule has 1 atom stereocenters. The number of carbonyl (C=O) groups is 1. The van der Waals surface area contributed by atoms with Gasteiger partial charge in [-0.15, -0.1) is 0 Å². The molecule has 0 aliphatic carbocycles. The molecule has 1 amide bonds. The highest BCUT2D eigenvalue weighted by Crippen LogP contribution is 2.29. The predicted octanol–water partition coefficient (Wildman–Crippen LogP) is 1.64. The summed E-state index contributed by atoms with van der Waals surface area (Å²) in [7, 11) is -1.33. The Balaban J connectivity index is 2.22. The van der Waals surface area contributed by atoms with Gasteiger partial charge in [-0.05, 0) is 32.4 Å². The minimum absolute atomic E-state index is 0.0497. The average Bonchev–Trinajstić information content (AvgIpc) is 2.64. The first-order valence-corrected chi connectivity index (χ1v) is 8.11. The van der Waals surface area contributed by atoms with Gasteiger partial charge < -0.3 is 4.90 Å². The van der Waals surface area contributed by atoms with E-state index in [0.717, 1.165) is 5.56 Å². The van der Waals surface area contributed by atoms with Gasteiger partial charge in [0.1, 0.15) is 0 Å². The molecule has 0 spiro atoms. The Morgan fingerprint density at radius 1 is 1.26 bits per heavy atom. The number of carbonyl (C=O) groups excluding carboxylic acids is 1. The molecule has 1 aromatic rings. The van der Waals surface area contributed by atoms with E-state index in [1.54, 1.807) is 24.1 Å². The summed E-state index contributed by atoms with van der Waals surface area (Å²) in [6, 6.07) is 7.32. The van der Waals surface area contributed by atoms with Crippen LogP contribution in [0.5, 0.6) is 0 Å². The van der Waals surface area contributed by atoms with Crippen LogP contribution in [0.2, 0.25) is 0 Å².